The highest BCUT2D eigenvalue weighted by atomic mass is 16.6. The second-order valence-electron chi connectivity index (χ2n) is 5.98. The van der Waals surface area contributed by atoms with E-state index in [9.17, 15) is 4.79 Å². The number of nitrogens with zero attached hydrogens (tertiary/aromatic N) is 5. The van der Waals surface area contributed by atoms with Gasteiger partial charge in [-0.3, -0.25) is 14.8 Å². The van der Waals surface area contributed by atoms with Crippen molar-refractivity contribution in [2.24, 2.45) is 0 Å². The quantitative estimate of drug-likeness (QED) is 0.611. The molecule has 8 nitrogen and oxygen atoms in total. The SMILES string of the molecule is Cc1cc2nc(CN(C)Cc3ccc4nonc4c3)cc(=O)n2[nH]1. The lowest BCUT2D eigenvalue weighted by molar-refractivity contribution is 0.313. The predicted octanol–water partition coefficient (Wildman–Crippen LogP) is 1.50. The molecule has 0 saturated heterocycles. The molecule has 122 valence electrons. The Morgan fingerprint density at radius 1 is 1.17 bits per heavy atom. The molecule has 4 aromatic rings. The van der Waals surface area contributed by atoms with Crippen molar-refractivity contribution in [2.45, 2.75) is 20.0 Å². The first-order chi connectivity index (χ1) is 11.6. The summed E-state index contributed by atoms with van der Waals surface area (Å²) in [5, 5.41) is 10.6. The molecule has 24 heavy (non-hydrogen) atoms. The van der Waals surface area contributed by atoms with Crippen LogP contribution in [0.15, 0.2) is 39.8 Å². The maximum Gasteiger partial charge on any atom is 0.272 e. The van der Waals surface area contributed by atoms with Crippen LogP contribution < -0.4 is 5.56 Å². The fourth-order valence-electron chi connectivity index (χ4n) is 2.81. The molecule has 0 radical (unpaired) electrons. The highest BCUT2D eigenvalue weighted by Gasteiger charge is 2.09. The summed E-state index contributed by atoms with van der Waals surface area (Å²) < 4.78 is 6.16. The molecule has 0 aliphatic rings. The zero-order valence-electron chi connectivity index (χ0n) is 13.4. The minimum Gasteiger partial charge on any atom is -0.296 e. The van der Waals surface area contributed by atoms with Crippen molar-refractivity contribution in [1.82, 2.24) is 29.8 Å². The Morgan fingerprint density at radius 2 is 2.00 bits per heavy atom. The van der Waals surface area contributed by atoms with Crippen LogP contribution in [-0.4, -0.2) is 36.9 Å². The average Bonchev–Trinajstić information content (AvgIpc) is 3.12. The Kier molecular flexibility index (Phi) is 3.39. The third-order valence-corrected chi connectivity index (χ3v) is 3.83. The highest BCUT2D eigenvalue weighted by Crippen LogP contribution is 2.14. The lowest BCUT2D eigenvalue weighted by Gasteiger charge is -2.16. The normalized spacial score (nSPS) is 11.8. The summed E-state index contributed by atoms with van der Waals surface area (Å²) in [6, 6.07) is 9.24. The standard InChI is InChI=1S/C16H16N6O2/c1-10-5-15-17-12(7-16(23)22(15)18-10)9-21(2)8-11-3-4-13-14(6-11)20-24-19-13/h3-7,18H,8-9H2,1-2H3. The Hall–Kier alpha value is -3.00. The molecule has 0 aliphatic carbocycles. The molecule has 0 atom stereocenters. The number of aryl methyl sites for hydroxylation is 1. The van der Waals surface area contributed by atoms with Crippen LogP contribution in [0.5, 0.6) is 0 Å². The van der Waals surface area contributed by atoms with Gasteiger partial charge in [-0.15, -0.1) is 0 Å². The summed E-state index contributed by atoms with van der Waals surface area (Å²) >= 11 is 0. The number of rotatable bonds is 4. The van der Waals surface area contributed by atoms with Crippen LogP contribution >= 0.6 is 0 Å². The van der Waals surface area contributed by atoms with Gasteiger partial charge >= 0.3 is 0 Å². The van der Waals surface area contributed by atoms with E-state index in [2.05, 4.69) is 25.3 Å². The second-order valence-corrected chi connectivity index (χ2v) is 5.98. The number of nitrogens with one attached hydrogen (secondary N) is 1. The fraction of sp³-hybridized carbons (Fsp3) is 0.250. The molecule has 0 fully saturated rings. The molecule has 0 bridgehead atoms. The largest absolute Gasteiger partial charge is 0.296 e. The Balaban J connectivity index is 1.54. The first-order valence-corrected chi connectivity index (χ1v) is 7.56. The van der Waals surface area contributed by atoms with E-state index in [1.165, 1.54) is 4.52 Å². The van der Waals surface area contributed by atoms with Crippen LogP contribution in [0.3, 0.4) is 0 Å². The van der Waals surface area contributed by atoms with Gasteiger partial charge < -0.3 is 0 Å². The van der Waals surface area contributed by atoms with Crippen LogP contribution in [0.2, 0.25) is 0 Å². The third-order valence-electron chi connectivity index (χ3n) is 3.83. The minimum absolute atomic E-state index is 0.105. The number of benzene rings is 1. The number of fused-ring (bicyclic) bond motifs is 2. The third kappa shape index (κ3) is 2.67. The topological polar surface area (TPSA) is 92.3 Å². The van der Waals surface area contributed by atoms with Gasteiger partial charge in [-0.2, -0.15) is 0 Å². The zero-order chi connectivity index (χ0) is 16.7. The Morgan fingerprint density at radius 3 is 2.88 bits per heavy atom. The van der Waals surface area contributed by atoms with Crippen molar-refractivity contribution in [3.8, 4) is 0 Å². The number of hydrogen-bond donors (Lipinski definition) is 1. The van der Waals surface area contributed by atoms with Gasteiger partial charge in [-0.05, 0) is 42.0 Å². The molecule has 0 spiro atoms. The summed E-state index contributed by atoms with van der Waals surface area (Å²) in [7, 11) is 1.98. The van der Waals surface area contributed by atoms with E-state index in [1.54, 1.807) is 6.07 Å². The van der Waals surface area contributed by atoms with Crippen molar-refractivity contribution in [2.75, 3.05) is 7.05 Å². The molecule has 0 unspecified atom stereocenters. The van der Waals surface area contributed by atoms with Gasteiger partial charge in [0.25, 0.3) is 5.56 Å². The minimum atomic E-state index is -0.105. The fourth-order valence-corrected chi connectivity index (χ4v) is 2.81. The van der Waals surface area contributed by atoms with Crippen molar-refractivity contribution >= 4 is 16.7 Å². The molecule has 1 N–H and O–H groups in total. The lowest BCUT2D eigenvalue weighted by Crippen LogP contribution is -2.21. The first-order valence-electron chi connectivity index (χ1n) is 7.56. The van der Waals surface area contributed by atoms with E-state index >= 15 is 0 Å². The monoisotopic (exact) mass is 324 g/mol. The average molecular weight is 324 g/mol. The zero-order valence-corrected chi connectivity index (χ0v) is 13.4. The van der Waals surface area contributed by atoms with Crippen LogP contribution in [0.25, 0.3) is 16.7 Å². The maximum atomic E-state index is 12.1. The summed E-state index contributed by atoms with van der Waals surface area (Å²) in [5.41, 5.74) is 4.75. The molecular weight excluding hydrogens is 308 g/mol. The van der Waals surface area contributed by atoms with Gasteiger partial charge in [-0.25, -0.2) is 14.1 Å². The number of H-pyrrole nitrogens is 1. The summed E-state index contributed by atoms with van der Waals surface area (Å²) in [6.45, 7) is 3.18. The van der Waals surface area contributed by atoms with Gasteiger partial charge in [0.1, 0.15) is 11.0 Å². The van der Waals surface area contributed by atoms with Crippen molar-refractivity contribution < 1.29 is 4.63 Å². The highest BCUT2D eigenvalue weighted by molar-refractivity contribution is 5.73. The smallest absolute Gasteiger partial charge is 0.272 e. The van der Waals surface area contributed by atoms with Crippen molar-refractivity contribution in [1.29, 1.82) is 0 Å². The van der Waals surface area contributed by atoms with E-state index in [0.29, 0.717) is 18.7 Å². The molecule has 8 heteroatoms. The molecule has 0 saturated carbocycles. The van der Waals surface area contributed by atoms with Crippen LogP contribution in [0.1, 0.15) is 17.0 Å². The van der Waals surface area contributed by atoms with Gasteiger partial charge in [0.05, 0.1) is 5.69 Å². The molecule has 3 aromatic heterocycles. The summed E-state index contributed by atoms with van der Waals surface area (Å²) in [5.74, 6) is 0. The molecule has 0 amide bonds. The first kappa shape index (κ1) is 14.6. The van der Waals surface area contributed by atoms with Gasteiger partial charge in [-0.1, -0.05) is 6.07 Å². The van der Waals surface area contributed by atoms with Gasteiger partial charge in [0.2, 0.25) is 0 Å². The molecule has 1 aromatic carbocycles. The van der Waals surface area contributed by atoms with Crippen molar-refractivity contribution in [3.63, 3.8) is 0 Å². The van der Waals surface area contributed by atoms with E-state index < -0.39 is 0 Å². The lowest BCUT2D eigenvalue weighted by atomic mass is 10.2. The molecular formula is C16H16N6O2. The van der Waals surface area contributed by atoms with Crippen LogP contribution in [0, 0.1) is 6.92 Å². The van der Waals surface area contributed by atoms with Crippen LogP contribution in [0.4, 0.5) is 0 Å². The second kappa shape index (κ2) is 5.57. The molecule has 0 aliphatic heterocycles. The Labute approximate surface area is 136 Å². The van der Waals surface area contributed by atoms with Crippen molar-refractivity contribution in [3.05, 3.63) is 57.6 Å². The van der Waals surface area contributed by atoms with Gasteiger partial charge in [0.15, 0.2) is 5.65 Å². The van der Waals surface area contributed by atoms with E-state index in [1.807, 2.05) is 38.2 Å². The van der Waals surface area contributed by atoms with Crippen LogP contribution in [-0.2, 0) is 13.1 Å². The maximum absolute atomic E-state index is 12.1. The van der Waals surface area contributed by atoms with Gasteiger partial charge in [0, 0.05) is 30.9 Å². The Bertz CT molecular complexity index is 1080. The molecule has 3 heterocycles. The molecule has 4 rings (SSSR count). The van der Waals surface area contributed by atoms with E-state index in [4.69, 9.17) is 4.63 Å². The number of aromatic nitrogens is 5. The van der Waals surface area contributed by atoms with E-state index in [0.717, 1.165) is 28.0 Å². The summed E-state index contributed by atoms with van der Waals surface area (Å²) in [6.07, 6.45) is 0. The number of aromatic amines is 1. The van der Waals surface area contributed by atoms with E-state index in [-0.39, 0.29) is 5.56 Å². The summed E-state index contributed by atoms with van der Waals surface area (Å²) in [4.78, 5) is 18.7. The number of hydrogen-bond acceptors (Lipinski definition) is 6. The predicted molar refractivity (Wildman–Crippen MR) is 87.5 cm³/mol.